The summed E-state index contributed by atoms with van der Waals surface area (Å²) >= 11 is -0.0629. The molecule has 2 heterocycles. The number of halogens is 3. The Morgan fingerprint density at radius 1 is 1.42 bits per heavy atom. The van der Waals surface area contributed by atoms with Gasteiger partial charge in [0.25, 0.3) is 0 Å². The molecule has 0 saturated carbocycles. The van der Waals surface area contributed by atoms with E-state index in [1.165, 1.54) is 0 Å². The Morgan fingerprint density at radius 3 is 2.89 bits per heavy atom. The number of aromatic nitrogens is 3. The van der Waals surface area contributed by atoms with Crippen molar-refractivity contribution in [2.24, 2.45) is 0 Å². The first-order valence-corrected chi connectivity index (χ1v) is 6.44. The summed E-state index contributed by atoms with van der Waals surface area (Å²) in [5.74, 6) is 0.984. The lowest BCUT2D eigenvalue weighted by molar-refractivity contribution is -0.0327. The third kappa shape index (κ3) is 3.66. The van der Waals surface area contributed by atoms with E-state index in [9.17, 15) is 13.2 Å². The summed E-state index contributed by atoms with van der Waals surface area (Å²) in [6, 6.07) is 0. The highest BCUT2D eigenvalue weighted by Crippen LogP contribution is 2.29. The van der Waals surface area contributed by atoms with Gasteiger partial charge in [-0.15, -0.1) is 0 Å². The largest absolute Gasteiger partial charge is 0.441 e. The van der Waals surface area contributed by atoms with Gasteiger partial charge in [0.2, 0.25) is 0 Å². The van der Waals surface area contributed by atoms with Crippen molar-refractivity contribution in [1.82, 2.24) is 14.4 Å². The number of anilines is 2. The van der Waals surface area contributed by atoms with Crippen molar-refractivity contribution in [3.63, 3.8) is 0 Å². The van der Waals surface area contributed by atoms with Gasteiger partial charge in [-0.2, -0.15) is 13.2 Å². The molecular formula is C10H12F3N5S. The van der Waals surface area contributed by atoms with Gasteiger partial charge in [-0.3, -0.25) is 0 Å². The number of hydrogen-bond donors (Lipinski definition) is 2. The number of hydrogen-bond acceptors (Lipinski definition) is 5. The topological polar surface area (TPSA) is 54.2 Å². The Bertz CT molecular complexity index is 554. The smallest absolute Gasteiger partial charge is 0.372 e. The zero-order valence-electron chi connectivity index (χ0n) is 10.0. The molecule has 0 spiro atoms. The van der Waals surface area contributed by atoms with Crippen LogP contribution in [0.4, 0.5) is 24.8 Å². The average Bonchev–Trinajstić information content (AvgIpc) is 2.81. The SMILES string of the molecule is CNc1cn2ccnc2c(NCCSC(F)(F)F)n1. The first-order chi connectivity index (χ1) is 8.99. The van der Waals surface area contributed by atoms with Crippen molar-refractivity contribution in [2.75, 3.05) is 30.0 Å². The molecule has 0 aliphatic heterocycles. The Labute approximate surface area is 111 Å². The number of thioether (sulfide) groups is 1. The van der Waals surface area contributed by atoms with Crippen LogP contribution in [0.3, 0.4) is 0 Å². The highest BCUT2D eigenvalue weighted by Gasteiger charge is 2.27. The van der Waals surface area contributed by atoms with Crippen LogP contribution < -0.4 is 10.6 Å². The molecule has 0 atom stereocenters. The second-order valence-corrected chi connectivity index (χ2v) is 4.76. The lowest BCUT2D eigenvalue weighted by Gasteiger charge is -2.10. The van der Waals surface area contributed by atoms with Crippen molar-refractivity contribution in [3.05, 3.63) is 18.6 Å². The molecule has 0 aliphatic rings. The fraction of sp³-hybridized carbons (Fsp3) is 0.400. The molecular weight excluding hydrogens is 279 g/mol. The van der Waals surface area contributed by atoms with Crippen molar-refractivity contribution < 1.29 is 13.2 Å². The van der Waals surface area contributed by atoms with Gasteiger partial charge in [0.15, 0.2) is 11.5 Å². The first-order valence-electron chi connectivity index (χ1n) is 5.45. The summed E-state index contributed by atoms with van der Waals surface area (Å²) in [5.41, 5.74) is -3.62. The van der Waals surface area contributed by atoms with Crippen LogP contribution >= 0.6 is 11.8 Å². The number of fused-ring (bicyclic) bond motifs is 1. The van der Waals surface area contributed by atoms with Crippen molar-refractivity contribution in [2.45, 2.75) is 5.51 Å². The van der Waals surface area contributed by atoms with E-state index in [2.05, 4.69) is 20.6 Å². The standard InChI is InChI=1S/C10H12F3N5S/c1-14-7-6-18-4-2-16-9(18)8(17-7)15-3-5-19-10(11,12)13/h2,4,6,14H,3,5H2,1H3,(H,15,17). The van der Waals surface area contributed by atoms with E-state index in [0.29, 0.717) is 17.3 Å². The molecule has 0 amide bonds. The second-order valence-electron chi connectivity index (χ2n) is 3.60. The monoisotopic (exact) mass is 291 g/mol. The molecule has 2 aromatic rings. The Kier molecular flexibility index (Phi) is 4.03. The van der Waals surface area contributed by atoms with Crippen molar-refractivity contribution in [3.8, 4) is 0 Å². The molecule has 19 heavy (non-hydrogen) atoms. The van der Waals surface area contributed by atoms with Gasteiger partial charge in [-0.25, -0.2) is 9.97 Å². The van der Waals surface area contributed by atoms with E-state index in [1.807, 2.05) is 0 Å². The van der Waals surface area contributed by atoms with Crippen molar-refractivity contribution >= 4 is 29.0 Å². The summed E-state index contributed by atoms with van der Waals surface area (Å²) in [7, 11) is 1.72. The van der Waals surface area contributed by atoms with Gasteiger partial charge in [0.1, 0.15) is 5.82 Å². The minimum Gasteiger partial charge on any atom is -0.372 e. The fourth-order valence-electron chi connectivity index (χ4n) is 1.51. The molecule has 0 aliphatic carbocycles. The highest BCUT2D eigenvalue weighted by atomic mass is 32.2. The maximum atomic E-state index is 12.0. The van der Waals surface area contributed by atoms with E-state index in [0.717, 1.165) is 0 Å². The van der Waals surface area contributed by atoms with Crippen LogP contribution in [0, 0.1) is 0 Å². The molecule has 5 nitrogen and oxygen atoms in total. The molecule has 0 unspecified atom stereocenters. The average molecular weight is 291 g/mol. The van der Waals surface area contributed by atoms with Gasteiger partial charge >= 0.3 is 5.51 Å². The normalized spacial score (nSPS) is 11.8. The molecule has 9 heteroatoms. The minimum absolute atomic E-state index is 0.0629. The maximum absolute atomic E-state index is 12.0. The number of rotatable bonds is 5. The van der Waals surface area contributed by atoms with E-state index < -0.39 is 5.51 Å². The molecule has 0 fully saturated rings. The minimum atomic E-state index is -4.20. The quantitative estimate of drug-likeness (QED) is 0.829. The molecule has 104 valence electrons. The van der Waals surface area contributed by atoms with E-state index >= 15 is 0 Å². The van der Waals surface area contributed by atoms with Crippen LogP contribution in [0.25, 0.3) is 5.65 Å². The Balaban J connectivity index is 2.05. The van der Waals surface area contributed by atoms with Crippen LogP contribution in [0.5, 0.6) is 0 Å². The summed E-state index contributed by atoms with van der Waals surface area (Å²) in [4.78, 5) is 8.33. The highest BCUT2D eigenvalue weighted by molar-refractivity contribution is 8.00. The van der Waals surface area contributed by atoms with Gasteiger partial charge in [-0.1, -0.05) is 0 Å². The van der Waals surface area contributed by atoms with Gasteiger partial charge in [-0.05, 0) is 11.8 Å². The molecule has 2 aromatic heterocycles. The molecule has 0 radical (unpaired) electrons. The summed E-state index contributed by atoms with van der Waals surface area (Å²) in [6.45, 7) is 0.160. The number of alkyl halides is 3. The van der Waals surface area contributed by atoms with Crippen LogP contribution in [0.2, 0.25) is 0 Å². The van der Waals surface area contributed by atoms with Gasteiger partial charge in [0.05, 0.1) is 6.20 Å². The van der Waals surface area contributed by atoms with E-state index in [-0.39, 0.29) is 24.1 Å². The molecule has 0 bridgehead atoms. The molecule has 2 rings (SSSR count). The van der Waals surface area contributed by atoms with E-state index in [1.54, 1.807) is 30.0 Å². The summed E-state index contributed by atoms with van der Waals surface area (Å²) < 4.78 is 37.7. The van der Waals surface area contributed by atoms with E-state index in [4.69, 9.17) is 0 Å². The number of nitrogens with one attached hydrogen (secondary N) is 2. The zero-order valence-corrected chi connectivity index (χ0v) is 10.8. The molecule has 0 saturated heterocycles. The van der Waals surface area contributed by atoms with Gasteiger partial charge in [0, 0.05) is 31.7 Å². The zero-order chi connectivity index (χ0) is 13.9. The first kappa shape index (κ1) is 13.8. The fourth-order valence-corrected chi connectivity index (χ4v) is 1.94. The third-order valence-electron chi connectivity index (χ3n) is 2.29. The molecule has 0 aromatic carbocycles. The third-order valence-corrected chi connectivity index (χ3v) is 3.03. The predicted octanol–water partition coefficient (Wildman–Crippen LogP) is 2.44. The van der Waals surface area contributed by atoms with Crippen LogP contribution in [0.1, 0.15) is 0 Å². The number of nitrogens with zero attached hydrogens (tertiary/aromatic N) is 3. The van der Waals surface area contributed by atoms with Crippen LogP contribution in [-0.4, -0.2) is 39.2 Å². The lowest BCUT2D eigenvalue weighted by atomic mass is 10.5. The van der Waals surface area contributed by atoms with Crippen LogP contribution in [-0.2, 0) is 0 Å². The lowest BCUT2D eigenvalue weighted by Crippen LogP contribution is -2.12. The number of imidazole rings is 1. The Hall–Kier alpha value is -1.64. The second kappa shape index (κ2) is 5.55. The molecule has 2 N–H and O–H groups in total. The Morgan fingerprint density at radius 2 is 2.21 bits per heavy atom. The summed E-state index contributed by atoms with van der Waals surface area (Å²) in [5, 5.41) is 5.74. The van der Waals surface area contributed by atoms with Gasteiger partial charge < -0.3 is 15.0 Å². The summed E-state index contributed by atoms with van der Waals surface area (Å²) in [6.07, 6.45) is 5.09. The predicted molar refractivity (Wildman–Crippen MR) is 69.5 cm³/mol. The van der Waals surface area contributed by atoms with Crippen molar-refractivity contribution in [1.29, 1.82) is 0 Å². The maximum Gasteiger partial charge on any atom is 0.441 e. The van der Waals surface area contributed by atoms with Crippen LogP contribution in [0.15, 0.2) is 18.6 Å².